The molecule has 6 heteroatoms. The fourth-order valence-electron chi connectivity index (χ4n) is 2.43. The predicted molar refractivity (Wildman–Crippen MR) is 68.8 cm³/mol. The van der Waals surface area contributed by atoms with Crippen LogP contribution in [0.25, 0.3) is 0 Å². The molecule has 1 aliphatic carbocycles. The highest BCUT2D eigenvalue weighted by Crippen LogP contribution is 2.45. The van der Waals surface area contributed by atoms with Gasteiger partial charge in [0.2, 0.25) is 11.9 Å². The summed E-state index contributed by atoms with van der Waals surface area (Å²) in [6.45, 7) is 3.16. The molecule has 0 unspecified atom stereocenters. The van der Waals surface area contributed by atoms with E-state index in [9.17, 15) is 5.11 Å². The van der Waals surface area contributed by atoms with Crippen LogP contribution in [0.2, 0.25) is 0 Å². The molecule has 6 nitrogen and oxygen atoms in total. The van der Waals surface area contributed by atoms with Gasteiger partial charge in [0.15, 0.2) is 0 Å². The van der Waals surface area contributed by atoms with Crippen molar-refractivity contribution in [1.82, 2.24) is 15.0 Å². The Kier molecular flexibility index (Phi) is 2.45. The highest BCUT2D eigenvalue weighted by molar-refractivity contribution is 5.42. The lowest BCUT2D eigenvalue weighted by Crippen LogP contribution is -2.63. The van der Waals surface area contributed by atoms with Gasteiger partial charge in [-0.2, -0.15) is 15.0 Å². The summed E-state index contributed by atoms with van der Waals surface area (Å²) in [6.07, 6.45) is 2.31. The molecule has 1 aliphatic heterocycles. The smallest absolute Gasteiger partial charge is 0.230 e. The van der Waals surface area contributed by atoms with E-state index in [0.717, 1.165) is 12.8 Å². The van der Waals surface area contributed by atoms with Crippen LogP contribution < -0.4 is 9.80 Å². The molecule has 1 aromatic rings. The van der Waals surface area contributed by atoms with Crippen molar-refractivity contribution in [3.05, 3.63) is 5.82 Å². The normalized spacial score (nSPS) is 21.7. The first-order chi connectivity index (χ1) is 8.48. The molecule has 2 fully saturated rings. The van der Waals surface area contributed by atoms with Crippen LogP contribution in [-0.4, -0.2) is 52.8 Å². The molecule has 0 aromatic carbocycles. The van der Waals surface area contributed by atoms with Crippen molar-refractivity contribution in [2.45, 2.75) is 25.4 Å². The van der Waals surface area contributed by atoms with E-state index in [2.05, 4.69) is 15.0 Å². The predicted octanol–water partition coefficient (Wildman–Crippen LogP) is 0.207. The molecule has 1 aromatic heterocycles. The molecule has 0 spiro atoms. The van der Waals surface area contributed by atoms with Gasteiger partial charge in [0.1, 0.15) is 11.4 Å². The SMILES string of the molecule is Cc1nc(N(C)C)nc(N2CC(O)(C3CC3)C2)n1. The maximum atomic E-state index is 10.3. The molecule has 18 heavy (non-hydrogen) atoms. The summed E-state index contributed by atoms with van der Waals surface area (Å²) in [7, 11) is 3.82. The van der Waals surface area contributed by atoms with E-state index in [-0.39, 0.29) is 0 Å². The quantitative estimate of drug-likeness (QED) is 0.826. The number of hydrogen-bond acceptors (Lipinski definition) is 6. The van der Waals surface area contributed by atoms with Crippen molar-refractivity contribution in [3.8, 4) is 0 Å². The first kappa shape index (κ1) is 11.6. The number of aromatic nitrogens is 3. The molecule has 98 valence electrons. The maximum absolute atomic E-state index is 10.3. The summed E-state index contributed by atoms with van der Waals surface area (Å²) in [5.74, 6) is 2.55. The highest BCUT2D eigenvalue weighted by Gasteiger charge is 2.52. The maximum Gasteiger partial charge on any atom is 0.230 e. The van der Waals surface area contributed by atoms with Gasteiger partial charge in [-0.1, -0.05) is 0 Å². The number of aryl methyl sites for hydroxylation is 1. The average Bonchev–Trinajstić information content (AvgIpc) is 3.07. The van der Waals surface area contributed by atoms with E-state index in [1.807, 2.05) is 30.8 Å². The van der Waals surface area contributed by atoms with Gasteiger partial charge < -0.3 is 14.9 Å². The molecular weight excluding hydrogens is 230 g/mol. The number of rotatable bonds is 3. The molecule has 3 rings (SSSR count). The topological polar surface area (TPSA) is 65.4 Å². The van der Waals surface area contributed by atoms with E-state index >= 15 is 0 Å². The van der Waals surface area contributed by atoms with Crippen LogP contribution in [0, 0.1) is 12.8 Å². The van der Waals surface area contributed by atoms with E-state index in [1.165, 1.54) is 0 Å². The molecule has 1 saturated heterocycles. The zero-order valence-electron chi connectivity index (χ0n) is 11.1. The molecule has 1 N–H and O–H groups in total. The van der Waals surface area contributed by atoms with Crippen LogP contribution in [0.4, 0.5) is 11.9 Å². The van der Waals surface area contributed by atoms with Gasteiger partial charge in [0.05, 0.1) is 13.1 Å². The third-order valence-corrected chi connectivity index (χ3v) is 3.67. The Hall–Kier alpha value is -1.43. The van der Waals surface area contributed by atoms with E-state index in [4.69, 9.17) is 0 Å². The highest BCUT2D eigenvalue weighted by atomic mass is 16.3. The van der Waals surface area contributed by atoms with Crippen molar-refractivity contribution in [2.75, 3.05) is 37.0 Å². The minimum Gasteiger partial charge on any atom is -0.386 e. The van der Waals surface area contributed by atoms with Gasteiger partial charge in [-0.25, -0.2) is 0 Å². The zero-order valence-corrected chi connectivity index (χ0v) is 11.1. The van der Waals surface area contributed by atoms with Crippen LogP contribution in [0.1, 0.15) is 18.7 Å². The number of hydrogen-bond donors (Lipinski definition) is 1. The molecule has 1 saturated carbocycles. The average molecular weight is 249 g/mol. The van der Waals surface area contributed by atoms with Gasteiger partial charge in [0, 0.05) is 14.1 Å². The Morgan fingerprint density at radius 1 is 1.22 bits per heavy atom. The van der Waals surface area contributed by atoms with E-state index in [1.54, 1.807) is 0 Å². The van der Waals surface area contributed by atoms with Crippen LogP contribution in [0.3, 0.4) is 0 Å². The van der Waals surface area contributed by atoms with Crippen molar-refractivity contribution in [1.29, 1.82) is 0 Å². The lowest BCUT2D eigenvalue weighted by atomic mass is 9.89. The Morgan fingerprint density at radius 3 is 2.44 bits per heavy atom. The lowest BCUT2D eigenvalue weighted by Gasteiger charge is -2.47. The molecule has 0 bridgehead atoms. The standard InChI is InChI=1S/C12H19N5O/c1-8-13-10(16(2)3)15-11(14-8)17-6-12(18,7-17)9-4-5-9/h9,18H,4-7H2,1-3H3. The molecule has 0 amide bonds. The fourth-order valence-corrected chi connectivity index (χ4v) is 2.43. The van der Waals surface area contributed by atoms with Crippen LogP contribution in [0.15, 0.2) is 0 Å². The monoisotopic (exact) mass is 249 g/mol. The van der Waals surface area contributed by atoms with Gasteiger partial charge in [0.25, 0.3) is 0 Å². The van der Waals surface area contributed by atoms with Crippen LogP contribution >= 0.6 is 0 Å². The minimum absolute atomic E-state index is 0.491. The largest absolute Gasteiger partial charge is 0.386 e. The molecular formula is C12H19N5O. The number of β-amino-alcohol motifs (C(OH)–C–C–N with tert-alkyl or cyclic N) is 1. The van der Waals surface area contributed by atoms with Crippen molar-refractivity contribution in [2.24, 2.45) is 5.92 Å². The first-order valence-electron chi connectivity index (χ1n) is 6.35. The number of anilines is 2. The molecule has 2 heterocycles. The Morgan fingerprint density at radius 2 is 1.89 bits per heavy atom. The van der Waals surface area contributed by atoms with E-state index in [0.29, 0.717) is 36.7 Å². The van der Waals surface area contributed by atoms with Crippen LogP contribution in [-0.2, 0) is 0 Å². The third kappa shape index (κ3) is 1.90. The third-order valence-electron chi connectivity index (χ3n) is 3.67. The second-order valence-electron chi connectivity index (χ2n) is 5.61. The number of aliphatic hydroxyl groups is 1. The molecule has 0 atom stereocenters. The second kappa shape index (κ2) is 3.78. The summed E-state index contributed by atoms with van der Waals surface area (Å²) in [6, 6.07) is 0. The summed E-state index contributed by atoms with van der Waals surface area (Å²) < 4.78 is 0. The van der Waals surface area contributed by atoms with Crippen molar-refractivity contribution >= 4 is 11.9 Å². The lowest BCUT2D eigenvalue weighted by molar-refractivity contribution is -0.0102. The summed E-state index contributed by atoms with van der Waals surface area (Å²) in [5.41, 5.74) is -0.501. The summed E-state index contributed by atoms with van der Waals surface area (Å²) >= 11 is 0. The van der Waals surface area contributed by atoms with Gasteiger partial charge in [-0.15, -0.1) is 0 Å². The van der Waals surface area contributed by atoms with Gasteiger partial charge in [-0.05, 0) is 25.7 Å². The molecule has 0 radical (unpaired) electrons. The van der Waals surface area contributed by atoms with Crippen molar-refractivity contribution < 1.29 is 5.11 Å². The molecule has 2 aliphatic rings. The van der Waals surface area contributed by atoms with E-state index < -0.39 is 5.60 Å². The van der Waals surface area contributed by atoms with Gasteiger partial charge >= 0.3 is 0 Å². The van der Waals surface area contributed by atoms with Gasteiger partial charge in [-0.3, -0.25) is 0 Å². The second-order valence-corrected chi connectivity index (χ2v) is 5.61. The summed E-state index contributed by atoms with van der Waals surface area (Å²) in [4.78, 5) is 16.9. The van der Waals surface area contributed by atoms with Crippen molar-refractivity contribution in [3.63, 3.8) is 0 Å². The Labute approximate surface area is 107 Å². The van der Waals surface area contributed by atoms with Crippen LogP contribution in [0.5, 0.6) is 0 Å². The first-order valence-corrected chi connectivity index (χ1v) is 6.35. The summed E-state index contributed by atoms with van der Waals surface area (Å²) in [5, 5.41) is 10.3. The minimum atomic E-state index is -0.501. The zero-order chi connectivity index (χ0) is 12.9. The number of nitrogens with zero attached hydrogens (tertiary/aromatic N) is 5. The fraction of sp³-hybridized carbons (Fsp3) is 0.750. The Balaban J connectivity index is 1.77. The Bertz CT molecular complexity index is 466.